The van der Waals surface area contributed by atoms with Gasteiger partial charge in [-0.05, 0) is 0 Å². The summed E-state index contributed by atoms with van der Waals surface area (Å²) in [6.07, 6.45) is -4.42. The summed E-state index contributed by atoms with van der Waals surface area (Å²) in [7, 11) is 0. The van der Waals surface area contributed by atoms with Gasteiger partial charge < -0.3 is 0 Å². The predicted octanol–water partition coefficient (Wildman–Crippen LogP) is -1.15. The SMILES string of the molecule is CC(=O)NC(=O)ON(OC(=O)NC(C)=O)OC(=O)NC(C)=O. The highest BCUT2D eigenvalue weighted by Crippen LogP contribution is 1.97. The molecule has 13 heteroatoms. The van der Waals surface area contributed by atoms with E-state index in [9.17, 15) is 28.8 Å². The van der Waals surface area contributed by atoms with Gasteiger partial charge in [0.2, 0.25) is 23.1 Å². The second kappa shape index (κ2) is 8.85. The van der Waals surface area contributed by atoms with Gasteiger partial charge in [-0.2, -0.15) is 0 Å². The quantitative estimate of drug-likeness (QED) is 0.539. The summed E-state index contributed by atoms with van der Waals surface area (Å²) in [6, 6.07) is 0. The Hall–Kier alpha value is -3.22. The van der Waals surface area contributed by atoms with Gasteiger partial charge in [-0.1, -0.05) is 0 Å². The Morgan fingerprint density at radius 2 is 0.818 bits per heavy atom. The molecule has 0 aliphatic heterocycles. The number of hydrogen-bond donors (Lipinski definition) is 3. The van der Waals surface area contributed by atoms with Crippen LogP contribution < -0.4 is 16.0 Å². The number of carbonyl (C=O) groups is 6. The molecule has 0 saturated carbocycles. The molecule has 6 amide bonds. The smallest absolute Gasteiger partial charge is 0.280 e. The van der Waals surface area contributed by atoms with E-state index < -0.39 is 41.4 Å². The minimum absolute atomic E-state index is 0.422. The Labute approximate surface area is 122 Å². The molecule has 0 aromatic rings. The molecule has 0 aliphatic carbocycles. The number of hydrogen-bond acceptors (Lipinski definition) is 10. The topological polar surface area (TPSA) is 169 Å². The van der Waals surface area contributed by atoms with E-state index in [1.807, 2.05) is 0 Å². The summed E-state index contributed by atoms with van der Waals surface area (Å²) in [5.74, 6) is -2.48. The molecule has 0 heterocycles. The van der Waals surface area contributed by atoms with E-state index in [-0.39, 0.29) is 0 Å². The fourth-order valence-electron chi connectivity index (χ4n) is 0.759. The van der Waals surface area contributed by atoms with Crippen LogP contribution in [0.1, 0.15) is 20.8 Å². The standard InChI is InChI=1S/C9H12N4O9/c1-4(14)10-7(17)20-13(21-8(18)11-5(2)15)22-9(19)12-6(3)16/h1-3H3,(H,10,14,17)(H,11,15,18)(H,12,16,19). The number of amides is 6. The first-order valence-electron chi connectivity index (χ1n) is 5.38. The van der Waals surface area contributed by atoms with Gasteiger partial charge in [0.1, 0.15) is 0 Å². The molecule has 0 aliphatic rings. The van der Waals surface area contributed by atoms with Gasteiger partial charge in [0, 0.05) is 20.8 Å². The molecule has 0 aromatic heterocycles. The van der Waals surface area contributed by atoms with Crippen molar-refractivity contribution in [1.82, 2.24) is 21.3 Å². The third kappa shape index (κ3) is 9.68. The minimum Gasteiger partial charge on any atom is -0.280 e. The zero-order chi connectivity index (χ0) is 17.3. The van der Waals surface area contributed by atoms with Crippen LogP contribution in [0.25, 0.3) is 0 Å². The number of rotatable bonds is 3. The van der Waals surface area contributed by atoms with Gasteiger partial charge in [-0.3, -0.25) is 44.8 Å². The summed E-state index contributed by atoms with van der Waals surface area (Å²) in [6.45, 7) is 2.91. The molecule has 0 saturated heterocycles. The van der Waals surface area contributed by atoms with Crippen LogP contribution in [0.2, 0.25) is 0 Å². The second-order valence-electron chi connectivity index (χ2n) is 3.40. The van der Waals surface area contributed by atoms with Crippen molar-refractivity contribution >= 4 is 36.0 Å². The van der Waals surface area contributed by atoms with Crippen LogP contribution in [0.15, 0.2) is 0 Å². The summed E-state index contributed by atoms with van der Waals surface area (Å²) in [5, 5.41) is 4.38. The summed E-state index contributed by atoms with van der Waals surface area (Å²) < 4.78 is 0. The van der Waals surface area contributed by atoms with Crippen LogP contribution in [0, 0.1) is 0 Å². The van der Waals surface area contributed by atoms with Crippen molar-refractivity contribution in [3.05, 3.63) is 0 Å². The largest absolute Gasteiger partial charge is 0.438 e. The fraction of sp³-hybridized carbons (Fsp3) is 0.333. The van der Waals surface area contributed by atoms with E-state index in [2.05, 4.69) is 14.5 Å². The van der Waals surface area contributed by atoms with E-state index in [1.165, 1.54) is 0 Å². The van der Waals surface area contributed by atoms with Gasteiger partial charge in [-0.25, -0.2) is 14.4 Å². The van der Waals surface area contributed by atoms with Crippen LogP contribution >= 0.6 is 0 Å². The highest BCUT2D eigenvalue weighted by atomic mass is 17.2. The second-order valence-corrected chi connectivity index (χ2v) is 3.40. The van der Waals surface area contributed by atoms with E-state index in [0.717, 1.165) is 20.8 Å². The summed E-state index contributed by atoms with van der Waals surface area (Å²) in [5.41, 5.74) is 0. The van der Waals surface area contributed by atoms with Crippen molar-refractivity contribution in [1.29, 1.82) is 0 Å². The maximum Gasteiger partial charge on any atom is 0.438 e. The molecule has 122 valence electrons. The molecular weight excluding hydrogens is 308 g/mol. The average Bonchev–Trinajstić information content (AvgIpc) is 2.23. The zero-order valence-corrected chi connectivity index (χ0v) is 11.6. The first-order chi connectivity index (χ1) is 10.1. The molecule has 0 radical (unpaired) electrons. The molecule has 0 bridgehead atoms. The third-order valence-electron chi connectivity index (χ3n) is 1.31. The van der Waals surface area contributed by atoms with Crippen LogP contribution in [0.4, 0.5) is 14.4 Å². The Balaban J connectivity index is 4.74. The molecule has 0 atom stereocenters. The molecule has 13 nitrogen and oxygen atoms in total. The van der Waals surface area contributed by atoms with Crippen molar-refractivity contribution in [3.63, 3.8) is 0 Å². The van der Waals surface area contributed by atoms with Crippen molar-refractivity contribution in [2.45, 2.75) is 20.8 Å². The van der Waals surface area contributed by atoms with E-state index in [4.69, 9.17) is 0 Å². The lowest BCUT2D eigenvalue weighted by atomic mass is 10.7. The van der Waals surface area contributed by atoms with E-state index in [0.29, 0.717) is 0 Å². The summed E-state index contributed by atoms with van der Waals surface area (Å²) in [4.78, 5) is 77.6. The van der Waals surface area contributed by atoms with Gasteiger partial charge >= 0.3 is 18.3 Å². The lowest BCUT2D eigenvalue weighted by molar-refractivity contribution is -0.449. The van der Waals surface area contributed by atoms with Crippen molar-refractivity contribution in [2.75, 3.05) is 0 Å². The van der Waals surface area contributed by atoms with Gasteiger partial charge in [0.15, 0.2) is 0 Å². The maximum absolute atomic E-state index is 11.1. The normalized spacial score (nSPS) is 9.27. The first kappa shape index (κ1) is 18.8. The van der Waals surface area contributed by atoms with E-state index >= 15 is 0 Å². The zero-order valence-electron chi connectivity index (χ0n) is 11.6. The van der Waals surface area contributed by atoms with Gasteiger partial charge in [-0.15, -0.1) is 0 Å². The van der Waals surface area contributed by atoms with E-state index in [1.54, 1.807) is 16.0 Å². The Morgan fingerprint density at radius 1 is 0.591 bits per heavy atom. The lowest BCUT2D eigenvalue weighted by Crippen LogP contribution is -2.43. The predicted molar refractivity (Wildman–Crippen MR) is 62.7 cm³/mol. The minimum atomic E-state index is -1.47. The maximum atomic E-state index is 11.1. The average molecular weight is 320 g/mol. The van der Waals surface area contributed by atoms with Crippen molar-refractivity contribution < 1.29 is 43.3 Å². The molecule has 0 spiro atoms. The van der Waals surface area contributed by atoms with Crippen LogP contribution in [0.5, 0.6) is 0 Å². The molecule has 3 N–H and O–H groups in total. The van der Waals surface area contributed by atoms with Gasteiger partial charge in [0.05, 0.1) is 0 Å². The van der Waals surface area contributed by atoms with Crippen molar-refractivity contribution in [3.8, 4) is 0 Å². The lowest BCUT2D eigenvalue weighted by Gasteiger charge is -2.16. The molecule has 0 rings (SSSR count). The molecule has 0 aromatic carbocycles. The molecular formula is C9H12N4O9. The molecule has 22 heavy (non-hydrogen) atoms. The number of imide groups is 3. The van der Waals surface area contributed by atoms with Crippen LogP contribution in [-0.4, -0.2) is 41.4 Å². The first-order valence-corrected chi connectivity index (χ1v) is 5.38. The monoisotopic (exact) mass is 320 g/mol. The van der Waals surface area contributed by atoms with Crippen LogP contribution in [-0.2, 0) is 28.9 Å². The summed E-state index contributed by atoms with van der Waals surface area (Å²) >= 11 is 0. The molecule has 0 fully saturated rings. The highest BCUT2D eigenvalue weighted by molar-refractivity contribution is 5.91. The Bertz CT molecular complexity index is 432. The number of nitrogens with one attached hydrogen (secondary N) is 3. The van der Waals surface area contributed by atoms with Crippen molar-refractivity contribution in [2.24, 2.45) is 0 Å². The molecule has 0 unspecified atom stereocenters. The highest BCUT2D eigenvalue weighted by Gasteiger charge is 2.24. The third-order valence-corrected chi connectivity index (χ3v) is 1.31. The fourth-order valence-corrected chi connectivity index (χ4v) is 0.759. The Morgan fingerprint density at radius 3 is 1.00 bits per heavy atom. The number of carbonyl (C=O) groups excluding carboxylic acids is 6. The number of nitrogens with zero attached hydrogens (tertiary/aromatic N) is 1. The Kier molecular flexibility index (Phi) is 7.56. The van der Waals surface area contributed by atoms with Gasteiger partial charge in [0.25, 0.3) is 0 Å². The van der Waals surface area contributed by atoms with Crippen LogP contribution in [0.3, 0.4) is 0 Å².